The first-order valence-electron chi connectivity index (χ1n) is 9.38. The number of nitrogens with one attached hydrogen (secondary N) is 3. The fourth-order valence-corrected chi connectivity index (χ4v) is 3.51. The van der Waals surface area contributed by atoms with E-state index in [1.807, 2.05) is 6.07 Å². The topological polar surface area (TPSA) is 125 Å². The fourth-order valence-electron chi connectivity index (χ4n) is 3.51. The Bertz CT molecular complexity index is 1070. The molecule has 9 nitrogen and oxygen atoms in total. The molecule has 1 saturated heterocycles. The van der Waals surface area contributed by atoms with Crippen molar-refractivity contribution in [1.29, 1.82) is 0 Å². The van der Waals surface area contributed by atoms with Crippen molar-refractivity contribution in [2.24, 2.45) is 0 Å². The second-order valence-electron chi connectivity index (χ2n) is 7.00. The molecule has 152 valence electrons. The number of fused-ring (bicyclic) bond motifs is 1. The Hall–Kier alpha value is -4.01. The van der Waals surface area contributed by atoms with Gasteiger partial charge in [-0.25, -0.2) is 4.79 Å². The van der Waals surface area contributed by atoms with Crippen LogP contribution in [0.1, 0.15) is 39.1 Å². The molecule has 2 heterocycles. The first kappa shape index (κ1) is 19.3. The molecule has 2 aliphatic rings. The third-order valence-corrected chi connectivity index (χ3v) is 4.99. The second-order valence-corrected chi connectivity index (χ2v) is 7.00. The molecule has 2 aliphatic heterocycles. The van der Waals surface area contributed by atoms with Crippen LogP contribution in [0.2, 0.25) is 0 Å². The highest BCUT2D eigenvalue weighted by molar-refractivity contribution is 6.23. The molecule has 2 aromatic rings. The van der Waals surface area contributed by atoms with Crippen molar-refractivity contribution in [3.8, 4) is 0 Å². The molecule has 30 heavy (non-hydrogen) atoms. The van der Waals surface area contributed by atoms with Gasteiger partial charge < -0.3 is 10.6 Å². The lowest BCUT2D eigenvalue weighted by molar-refractivity contribution is -0.136. The number of carbonyl (C=O) groups excluding carboxylic acids is 5. The molecule has 0 bridgehead atoms. The molecule has 9 heteroatoms. The van der Waals surface area contributed by atoms with E-state index in [0.29, 0.717) is 11.3 Å². The number of anilines is 1. The van der Waals surface area contributed by atoms with Gasteiger partial charge in [-0.3, -0.25) is 29.4 Å². The summed E-state index contributed by atoms with van der Waals surface area (Å²) in [5, 5.41) is 7.54. The maximum atomic E-state index is 12.8. The smallest absolute Gasteiger partial charge is 0.319 e. The lowest BCUT2D eigenvalue weighted by atomic mass is 10.0. The summed E-state index contributed by atoms with van der Waals surface area (Å²) in [6.45, 7) is 0.145. The highest BCUT2D eigenvalue weighted by Gasteiger charge is 2.44. The Morgan fingerprint density at radius 1 is 1.00 bits per heavy atom. The van der Waals surface area contributed by atoms with Gasteiger partial charge in [-0.05, 0) is 36.2 Å². The molecule has 0 aromatic heterocycles. The molecule has 0 radical (unpaired) electrons. The van der Waals surface area contributed by atoms with Gasteiger partial charge in [0.15, 0.2) is 0 Å². The summed E-state index contributed by atoms with van der Waals surface area (Å²) in [7, 11) is 0. The molecule has 0 spiro atoms. The van der Waals surface area contributed by atoms with E-state index in [1.165, 1.54) is 12.1 Å². The van der Waals surface area contributed by atoms with Crippen LogP contribution in [0.25, 0.3) is 0 Å². The van der Waals surface area contributed by atoms with E-state index in [1.54, 1.807) is 30.3 Å². The number of hydrogen-bond acceptors (Lipinski definition) is 5. The van der Waals surface area contributed by atoms with Crippen LogP contribution in [0.5, 0.6) is 0 Å². The van der Waals surface area contributed by atoms with Crippen molar-refractivity contribution in [3.05, 3.63) is 65.2 Å². The molecule has 2 aromatic carbocycles. The van der Waals surface area contributed by atoms with Crippen molar-refractivity contribution in [1.82, 2.24) is 15.5 Å². The minimum absolute atomic E-state index is 0.0650. The number of para-hydroxylation sites is 1. The van der Waals surface area contributed by atoms with Crippen molar-refractivity contribution in [3.63, 3.8) is 0 Å². The minimum Gasteiger partial charge on any atom is -0.334 e. The number of carbonyl (C=O) groups is 5. The van der Waals surface area contributed by atoms with Crippen molar-refractivity contribution in [2.75, 3.05) is 5.32 Å². The van der Waals surface area contributed by atoms with Crippen LogP contribution in [0, 0.1) is 0 Å². The average molecular weight is 406 g/mol. The molecular weight excluding hydrogens is 388 g/mol. The van der Waals surface area contributed by atoms with Gasteiger partial charge in [0.1, 0.15) is 6.04 Å². The van der Waals surface area contributed by atoms with E-state index >= 15 is 0 Å². The molecule has 1 atom stereocenters. The van der Waals surface area contributed by atoms with E-state index in [4.69, 9.17) is 0 Å². The van der Waals surface area contributed by atoms with Crippen molar-refractivity contribution < 1.29 is 24.0 Å². The summed E-state index contributed by atoms with van der Waals surface area (Å²) >= 11 is 0. The predicted octanol–water partition coefficient (Wildman–Crippen LogP) is 1.41. The van der Waals surface area contributed by atoms with E-state index in [0.717, 1.165) is 4.90 Å². The zero-order chi connectivity index (χ0) is 21.3. The summed E-state index contributed by atoms with van der Waals surface area (Å²) < 4.78 is 0. The number of hydrogen-bond donors (Lipinski definition) is 3. The lowest BCUT2D eigenvalue weighted by Crippen LogP contribution is -2.54. The Balaban J connectivity index is 1.45. The maximum absolute atomic E-state index is 12.8. The number of piperidine rings is 1. The summed E-state index contributed by atoms with van der Waals surface area (Å²) in [6, 6.07) is 12.2. The number of amides is 6. The number of rotatable bonds is 4. The largest absolute Gasteiger partial charge is 0.334 e. The summed E-state index contributed by atoms with van der Waals surface area (Å²) in [5.74, 6) is -2.22. The third kappa shape index (κ3) is 3.64. The van der Waals surface area contributed by atoms with Gasteiger partial charge in [0.25, 0.3) is 11.8 Å². The lowest BCUT2D eigenvalue weighted by Gasteiger charge is -2.27. The summed E-state index contributed by atoms with van der Waals surface area (Å²) in [4.78, 5) is 61.9. The number of nitrogens with zero attached hydrogens (tertiary/aromatic N) is 1. The van der Waals surface area contributed by atoms with Gasteiger partial charge in [0, 0.05) is 18.7 Å². The van der Waals surface area contributed by atoms with Crippen LogP contribution in [-0.2, 0) is 16.1 Å². The Morgan fingerprint density at radius 3 is 2.47 bits per heavy atom. The van der Waals surface area contributed by atoms with Gasteiger partial charge in [0.2, 0.25) is 11.8 Å². The van der Waals surface area contributed by atoms with Crippen LogP contribution >= 0.6 is 0 Å². The molecule has 1 unspecified atom stereocenters. The van der Waals surface area contributed by atoms with Crippen LogP contribution in [0.4, 0.5) is 10.5 Å². The first-order chi connectivity index (χ1) is 14.4. The van der Waals surface area contributed by atoms with Crippen molar-refractivity contribution >= 4 is 35.3 Å². The Labute approximate surface area is 171 Å². The summed E-state index contributed by atoms with van der Waals surface area (Å²) in [5.41, 5.74) is 1.64. The molecule has 0 saturated carbocycles. The van der Waals surface area contributed by atoms with Crippen LogP contribution in [-0.4, -0.2) is 40.6 Å². The number of urea groups is 1. The van der Waals surface area contributed by atoms with Crippen molar-refractivity contribution in [2.45, 2.75) is 25.4 Å². The maximum Gasteiger partial charge on any atom is 0.319 e. The highest BCUT2D eigenvalue weighted by atomic mass is 16.2. The van der Waals surface area contributed by atoms with Gasteiger partial charge in [0.05, 0.1) is 11.1 Å². The van der Waals surface area contributed by atoms with E-state index < -0.39 is 35.7 Å². The fraction of sp³-hybridized carbons (Fsp3) is 0.190. The monoisotopic (exact) mass is 406 g/mol. The molecule has 0 aliphatic carbocycles. The first-order valence-corrected chi connectivity index (χ1v) is 9.38. The minimum atomic E-state index is -1.01. The van der Waals surface area contributed by atoms with E-state index in [-0.39, 0.29) is 30.5 Å². The Kier molecular flexibility index (Phi) is 5.01. The van der Waals surface area contributed by atoms with E-state index in [9.17, 15) is 24.0 Å². The molecule has 6 amide bonds. The average Bonchev–Trinajstić information content (AvgIpc) is 2.97. The van der Waals surface area contributed by atoms with Crippen LogP contribution < -0.4 is 16.0 Å². The number of benzene rings is 2. The number of imide groups is 2. The van der Waals surface area contributed by atoms with Gasteiger partial charge in [-0.15, -0.1) is 0 Å². The van der Waals surface area contributed by atoms with Gasteiger partial charge in [-0.1, -0.05) is 24.3 Å². The molecule has 4 rings (SSSR count). The zero-order valence-electron chi connectivity index (χ0n) is 15.8. The van der Waals surface area contributed by atoms with Gasteiger partial charge >= 0.3 is 6.03 Å². The normalized spacial score (nSPS) is 18.1. The van der Waals surface area contributed by atoms with Crippen LogP contribution in [0.15, 0.2) is 48.5 Å². The van der Waals surface area contributed by atoms with Crippen LogP contribution in [0.3, 0.4) is 0 Å². The Morgan fingerprint density at radius 2 is 1.73 bits per heavy atom. The quantitative estimate of drug-likeness (QED) is 0.662. The van der Waals surface area contributed by atoms with Gasteiger partial charge in [-0.2, -0.15) is 0 Å². The standard InChI is InChI=1S/C21H18N4O5/c26-17-9-8-16(18(27)24-17)25-19(28)14-7-6-12(10-15(14)20(25)29)11-22-21(30)23-13-4-2-1-3-5-13/h1-7,10,16H,8-9,11H2,(H2,22,23,30)(H,24,26,27). The third-order valence-electron chi connectivity index (χ3n) is 4.99. The second kappa shape index (κ2) is 7.78. The predicted molar refractivity (Wildman–Crippen MR) is 105 cm³/mol. The zero-order valence-corrected chi connectivity index (χ0v) is 15.8. The van der Waals surface area contributed by atoms with E-state index in [2.05, 4.69) is 16.0 Å². The molecule has 3 N–H and O–H groups in total. The molecular formula is C21H18N4O5. The molecule has 1 fully saturated rings. The highest BCUT2D eigenvalue weighted by Crippen LogP contribution is 2.28. The summed E-state index contributed by atoms with van der Waals surface area (Å²) in [6.07, 6.45) is 0.166. The SMILES string of the molecule is O=C1CCC(N2C(=O)c3ccc(CNC(=O)Nc4ccccc4)cc3C2=O)C(=O)N1.